The molecule has 2 aromatic carbocycles. The second-order valence-electron chi connectivity index (χ2n) is 8.66. The van der Waals surface area contributed by atoms with Gasteiger partial charge in [-0.1, -0.05) is 12.5 Å². The average molecular weight is 503 g/mol. The Morgan fingerprint density at radius 3 is 2.58 bits per heavy atom. The number of hydrogen-bond acceptors (Lipinski definition) is 5. The Balaban J connectivity index is 1.41. The van der Waals surface area contributed by atoms with E-state index in [1.165, 1.54) is 31.4 Å². The Morgan fingerprint density at radius 1 is 1.06 bits per heavy atom. The average Bonchev–Trinajstić information content (AvgIpc) is 3.29. The number of carbonyl (C=O) groups is 1. The van der Waals surface area contributed by atoms with E-state index in [1.807, 2.05) is 13.1 Å². The summed E-state index contributed by atoms with van der Waals surface area (Å²) in [6, 6.07) is 11.6. The van der Waals surface area contributed by atoms with Crippen LogP contribution in [0.25, 0.3) is 11.3 Å². The summed E-state index contributed by atoms with van der Waals surface area (Å²) in [7, 11) is 1.82. The molecule has 36 heavy (non-hydrogen) atoms. The van der Waals surface area contributed by atoms with Crippen LogP contribution in [-0.2, 0) is 18.0 Å². The maximum Gasteiger partial charge on any atom is 0.416 e. The molecule has 1 aliphatic rings. The first-order chi connectivity index (χ1) is 17.3. The molecule has 1 fully saturated rings. The Morgan fingerprint density at radius 2 is 1.86 bits per heavy atom. The van der Waals surface area contributed by atoms with Crippen molar-refractivity contribution >= 4 is 11.6 Å². The molecule has 10 heteroatoms. The number of aromatic nitrogens is 2. The fourth-order valence-electron chi connectivity index (χ4n) is 4.15. The molecule has 1 aliphatic heterocycles. The summed E-state index contributed by atoms with van der Waals surface area (Å²) in [6.45, 7) is 3.13. The van der Waals surface area contributed by atoms with Crippen LogP contribution in [0.15, 0.2) is 54.7 Å². The third-order valence-corrected chi connectivity index (χ3v) is 6.01. The topological polar surface area (TPSA) is 68.6 Å². The van der Waals surface area contributed by atoms with Gasteiger partial charge in [0.2, 0.25) is 0 Å². The van der Waals surface area contributed by atoms with Crippen LogP contribution in [-0.4, -0.2) is 53.4 Å². The molecule has 0 aliphatic carbocycles. The minimum atomic E-state index is -4.48. The number of piperidine rings is 1. The van der Waals surface area contributed by atoms with E-state index >= 15 is 0 Å². The van der Waals surface area contributed by atoms with E-state index in [1.54, 1.807) is 29.1 Å². The van der Waals surface area contributed by atoms with Gasteiger partial charge in [-0.15, -0.1) is 0 Å². The number of anilines is 1. The standard InChI is InChI=1S/C26H29F3N4O3/c1-32-23(10-11-30-32)22-17-20(8-9-24(22)35-15-14-33-12-3-2-4-13-33)31-25(34)18-36-21-7-5-6-19(16-21)26(27,28)29/h5-11,16-17H,2-4,12-15,18H2,1H3,(H,31,34). The van der Waals surface area contributed by atoms with Crippen LogP contribution >= 0.6 is 0 Å². The molecule has 192 valence electrons. The number of alkyl halides is 3. The fraction of sp³-hybridized carbons (Fsp3) is 0.385. The quantitative estimate of drug-likeness (QED) is 0.447. The smallest absolute Gasteiger partial charge is 0.416 e. The van der Waals surface area contributed by atoms with Crippen molar-refractivity contribution in [2.45, 2.75) is 25.4 Å². The minimum Gasteiger partial charge on any atom is -0.492 e. The molecule has 0 atom stereocenters. The van der Waals surface area contributed by atoms with Crippen molar-refractivity contribution in [2.24, 2.45) is 7.05 Å². The lowest BCUT2D eigenvalue weighted by molar-refractivity contribution is -0.137. The Labute approximate surface area is 207 Å². The maximum absolute atomic E-state index is 12.9. The number of nitrogens with one attached hydrogen (secondary N) is 1. The zero-order chi connectivity index (χ0) is 25.5. The predicted molar refractivity (Wildman–Crippen MR) is 130 cm³/mol. The summed E-state index contributed by atoms with van der Waals surface area (Å²) in [5.41, 5.74) is 1.26. The van der Waals surface area contributed by atoms with Crippen molar-refractivity contribution in [1.82, 2.24) is 14.7 Å². The summed E-state index contributed by atoms with van der Waals surface area (Å²) in [5.74, 6) is 0.143. The summed E-state index contributed by atoms with van der Waals surface area (Å²) in [5, 5.41) is 6.97. The molecule has 3 aromatic rings. The molecule has 7 nitrogen and oxygen atoms in total. The van der Waals surface area contributed by atoms with Crippen LogP contribution in [0.3, 0.4) is 0 Å². The van der Waals surface area contributed by atoms with Crippen molar-refractivity contribution < 1.29 is 27.4 Å². The molecule has 0 unspecified atom stereocenters. The molecule has 2 heterocycles. The summed E-state index contributed by atoms with van der Waals surface area (Å²) < 4.78 is 51.8. The number of likely N-dealkylation sites (tertiary alicyclic amines) is 1. The third kappa shape index (κ3) is 6.78. The lowest BCUT2D eigenvalue weighted by Crippen LogP contribution is -2.33. The van der Waals surface area contributed by atoms with Crippen LogP contribution < -0.4 is 14.8 Å². The van der Waals surface area contributed by atoms with Crippen molar-refractivity contribution in [2.75, 3.05) is 38.2 Å². The second kappa shape index (κ2) is 11.5. The Bertz CT molecular complexity index is 1170. The molecule has 1 amide bonds. The second-order valence-corrected chi connectivity index (χ2v) is 8.66. The highest BCUT2D eigenvalue weighted by Gasteiger charge is 2.30. The highest BCUT2D eigenvalue weighted by molar-refractivity contribution is 5.93. The first kappa shape index (κ1) is 25.6. The van der Waals surface area contributed by atoms with Crippen LogP contribution in [0.4, 0.5) is 18.9 Å². The molecular formula is C26H29F3N4O3. The van der Waals surface area contributed by atoms with Gasteiger partial charge < -0.3 is 14.8 Å². The highest BCUT2D eigenvalue weighted by atomic mass is 19.4. The molecule has 4 rings (SSSR count). The van der Waals surface area contributed by atoms with Gasteiger partial charge in [0.05, 0.1) is 11.3 Å². The zero-order valence-corrected chi connectivity index (χ0v) is 20.1. The first-order valence-corrected chi connectivity index (χ1v) is 11.9. The van der Waals surface area contributed by atoms with Gasteiger partial charge in [0.1, 0.15) is 18.1 Å². The van der Waals surface area contributed by atoms with Crippen LogP contribution in [0.5, 0.6) is 11.5 Å². The molecule has 1 saturated heterocycles. The number of halogens is 3. The number of nitrogens with zero attached hydrogens (tertiary/aromatic N) is 3. The van der Waals surface area contributed by atoms with E-state index in [2.05, 4.69) is 15.3 Å². The maximum atomic E-state index is 12.9. The summed E-state index contributed by atoms with van der Waals surface area (Å²) >= 11 is 0. The van der Waals surface area contributed by atoms with E-state index in [4.69, 9.17) is 9.47 Å². The van der Waals surface area contributed by atoms with Crippen LogP contribution in [0.1, 0.15) is 24.8 Å². The monoisotopic (exact) mass is 502 g/mol. The van der Waals surface area contributed by atoms with Gasteiger partial charge in [-0.25, -0.2) is 0 Å². The van der Waals surface area contributed by atoms with E-state index in [0.29, 0.717) is 18.0 Å². The number of carbonyl (C=O) groups excluding carboxylic acids is 1. The SMILES string of the molecule is Cn1nccc1-c1cc(NC(=O)COc2cccc(C(F)(F)F)c2)ccc1OCCN1CCCCC1. The number of aryl methyl sites for hydroxylation is 1. The molecule has 0 spiro atoms. The van der Waals surface area contributed by atoms with Crippen molar-refractivity contribution in [3.8, 4) is 22.8 Å². The molecule has 1 aromatic heterocycles. The highest BCUT2D eigenvalue weighted by Crippen LogP contribution is 2.33. The fourth-order valence-corrected chi connectivity index (χ4v) is 4.15. The van der Waals surface area contributed by atoms with E-state index < -0.39 is 24.3 Å². The zero-order valence-electron chi connectivity index (χ0n) is 20.1. The van der Waals surface area contributed by atoms with Crippen LogP contribution in [0, 0.1) is 0 Å². The summed E-state index contributed by atoms with van der Waals surface area (Å²) in [4.78, 5) is 14.8. The number of ether oxygens (including phenoxy) is 2. The number of benzene rings is 2. The predicted octanol–water partition coefficient (Wildman–Crippen LogP) is 4.99. The largest absolute Gasteiger partial charge is 0.492 e. The number of amides is 1. The number of rotatable bonds is 9. The molecule has 0 radical (unpaired) electrons. The van der Waals surface area contributed by atoms with Gasteiger partial charge in [-0.05, 0) is 68.4 Å². The van der Waals surface area contributed by atoms with Gasteiger partial charge in [-0.3, -0.25) is 14.4 Å². The number of hydrogen-bond donors (Lipinski definition) is 1. The first-order valence-electron chi connectivity index (χ1n) is 11.9. The van der Waals surface area contributed by atoms with Crippen LogP contribution in [0.2, 0.25) is 0 Å². The van der Waals surface area contributed by atoms with E-state index in [0.717, 1.165) is 43.0 Å². The molecule has 1 N–H and O–H groups in total. The lowest BCUT2D eigenvalue weighted by Gasteiger charge is -2.26. The van der Waals surface area contributed by atoms with Gasteiger partial charge in [0.25, 0.3) is 5.91 Å². The van der Waals surface area contributed by atoms with E-state index in [-0.39, 0.29) is 5.75 Å². The van der Waals surface area contributed by atoms with Crippen molar-refractivity contribution in [1.29, 1.82) is 0 Å². The molecule has 0 bridgehead atoms. The van der Waals surface area contributed by atoms with Crippen molar-refractivity contribution in [3.05, 3.63) is 60.3 Å². The normalized spacial score (nSPS) is 14.4. The third-order valence-electron chi connectivity index (χ3n) is 6.01. The van der Waals surface area contributed by atoms with Gasteiger partial charge in [-0.2, -0.15) is 18.3 Å². The van der Waals surface area contributed by atoms with E-state index in [9.17, 15) is 18.0 Å². The van der Waals surface area contributed by atoms with Gasteiger partial charge in [0.15, 0.2) is 6.61 Å². The Kier molecular flexibility index (Phi) is 8.14. The van der Waals surface area contributed by atoms with Gasteiger partial charge >= 0.3 is 6.18 Å². The lowest BCUT2D eigenvalue weighted by atomic mass is 10.1. The molecular weight excluding hydrogens is 473 g/mol. The molecule has 0 saturated carbocycles. The Hall–Kier alpha value is -3.53. The van der Waals surface area contributed by atoms with Gasteiger partial charge in [0, 0.05) is 31.0 Å². The summed E-state index contributed by atoms with van der Waals surface area (Å²) in [6.07, 6.45) is 0.904. The van der Waals surface area contributed by atoms with Crippen molar-refractivity contribution in [3.63, 3.8) is 0 Å². The minimum absolute atomic E-state index is 0.0343.